The van der Waals surface area contributed by atoms with E-state index in [0.717, 1.165) is 12.1 Å². The standard InChI is InChI=1S/2C14H12ClN2O4.Mg/c2*1-8(7-16)12(18)14(2,3)13(19)10-5-4-9(15)6-11(10)17(20)21;/h2*1,4-6,13,19H,2-3H3;/q2*-1;+2. The summed E-state index contributed by atoms with van der Waals surface area (Å²) in [6, 6.07) is 10.4. The molecule has 0 aromatic heterocycles. The summed E-state index contributed by atoms with van der Waals surface area (Å²) in [7, 11) is 0. The number of ketones is 2. The van der Waals surface area contributed by atoms with E-state index >= 15 is 0 Å². The Hall–Kier alpha value is -3.69. The third-order valence-corrected chi connectivity index (χ3v) is 6.71. The number of aliphatic hydroxyl groups is 2. The first-order valence-corrected chi connectivity index (χ1v) is 12.4. The van der Waals surface area contributed by atoms with Gasteiger partial charge in [0.25, 0.3) is 11.4 Å². The number of nitro benzene ring substituents is 2. The van der Waals surface area contributed by atoms with Gasteiger partial charge >= 0.3 is 23.1 Å². The van der Waals surface area contributed by atoms with Gasteiger partial charge in [-0.15, -0.1) is 0 Å². The van der Waals surface area contributed by atoms with E-state index < -0.39 is 67.0 Å². The Morgan fingerprint density at radius 1 is 0.791 bits per heavy atom. The fourth-order valence-corrected chi connectivity index (χ4v) is 3.97. The van der Waals surface area contributed by atoms with Crippen molar-refractivity contribution in [1.82, 2.24) is 0 Å². The van der Waals surface area contributed by atoms with Crippen molar-refractivity contribution in [3.8, 4) is 12.1 Å². The third kappa shape index (κ3) is 9.14. The van der Waals surface area contributed by atoms with Crippen molar-refractivity contribution in [3.63, 3.8) is 0 Å². The van der Waals surface area contributed by atoms with E-state index in [9.17, 15) is 40.0 Å². The van der Waals surface area contributed by atoms with Crippen LogP contribution in [0.2, 0.25) is 10.0 Å². The molecule has 2 rings (SSSR count). The molecule has 220 valence electrons. The summed E-state index contributed by atoms with van der Waals surface area (Å²) in [6.07, 6.45) is -3.04. The van der Waals surface area contributed by atoms with Crippen molar-refractivity contribution < 1.29 is 29.6 Å². The van der Waals surface area contributed by atoms with Crippen LogP contribution in [0.1, 0.15) is 51.0 Å². The van der Waals surface area contributed by atoms with E-state index in [4.69, 9.17) is 46.9 Å². The van der Waals surface area contributed by atoms with Crippen LogP contribution in [-0.2, 0) is 9.59 Å². The molecule has 2 unspecified atom stereocenters. The maximum absolute atomic E-state index is 12.0. The maximum Gasteiger partial charge on any atom is 2.00 e. The molecule has 0 aliphatic rings. The molecule has 0 fully saturated rings. The second-order valence-electron chi connectivity index (χ2n) is 9.88. The van der Waals surface area contributed by atoms with Gasteiger partial charge in [0.15, 0.2) is 0 Å². The second kappa shape index (κ2) is 15.7. The number of halogens is 2. The van der Waals surface area contributed by atoms with E-state index in [-0.39, 0.29) is 44.2 Å². The van der Waals surface area contributed by atoms with Crippen LogP contribution in [0.5, 0.6) is 0 Å². The zero-order valence-corrected chi connectivity index (χ0v) is 26.3. The molecule has 2 N–H and O–H groups in total. The van der Waals surface area contributed by atoms with Gasteiger partial charge in [-0.1, -0.05) is 74.2 Å². The van der Waals surface area contributed by atoms with Crippen molar-refractivity contribution >= 4 is 69.2 Å². The predicted molar refractivity (Wildman–Crippen MR) is 156 cm³/mol. The molecule has 0 aliphatic carbocycles. The molecule has 0 radical (unpaired) electrons. The van der Waals surface area contributed by atoms with Crippen LogP contribution in [0.25, 0.3) is 0 Å². The van der Waals surface area contributed by atoms with Crippen LogP contribution in [0.4, 0.5) is 11.4 Å². The minimum atomic E-state index is -1.52. The number of aliphatic hydroxyl groups excluding tert-OH is 2. The average molecular weight is 640 g/mol. The molecule has 0 saturated heterocycles. The Balaban J connectivity index is 0.000000802. The minimum absolute atomic E-state index is 0. The number of hydrogen-bond acceptors (Lipinski definition) is 10. The summed E-state index contributed by atoms with van der Waals surface area (Å²) in [6.45, 7) is 16.0. The molecule has 0 bridgehead atoms. The summed E-state index contributed by atoms with van der Waals surface area (Å²) in [4.78, 5) is 44.7. The summed E-state index contributed by atoms with van der Waals surface area (Å²) in [5.74, 6) is -1.58. The van der Waals surface area contributed by atoms with Crippen molar-refractivity contribution in [2.75, 3.05) is 0 Å². The first kappa shape index (κ1) is 39.3. The summed E-state index contributed by atoms with van der Waals surface area (Å²) >= 11 is 11.4. The maximum atomic E-state index is 12.0. The van der Waals surface area contributed by atoms with Crippen molar-refractivity contribution in [1.29, 1.82) is 10.5 Å². The predicted octanol–water partition coefficient (Wildman–Crippen LogP) is 5.14. The van der Waals surface area contributed by atoms with Gasteiger partial charge in [0.1, 0.15) is 0 Å². The number of nitro groups is 2. The normalized spacial score (nSPS) is 12.0. The topological polar surface area (TPSA) is 208 Å². The van der Waals surface area contributed by atoms with Gasteiger partial charge in [-0.2, -0.15) is 0 Å². The van der Waals surface area contributed by atoms with E-state index in [2.05, 4.69) is 0 Å². The molecule has 12 nitrogen and oxygen atoms in total. The molecule has 0 aliphatic heterocycles. The van der Waals surface area contributed by atoms with Gasteiger partial charge < -0.3 is 19.8 Å². The SMILES string of the molecule is [CH-]=C(C#N)C(=O)C(C)(C)C(O)c1ccc(Cl)cc1[N+](=O)[O-].[CH-]=C(C#N)C(=O)C(C)(C)C(O)c1ccc(Cl)cc1[N+](=O)[O-].[Mg+2]. The van der Waals surface area contributed by atoms with Gasteiger partial charge in [0.05, 0.1) is 44.7 Å². The number of carbonyl (C=O) groups excluding carboxylic acids is 2. The Labute approximate surface area is 273 Å². The molecular weight excluding hydrogens is 616 g/mol. The monoisotopic (exact) mass is 638 g/mol. The van der Waals surface area contributed by atoms with Crippen molar-refractivity contribution in [2.45, 2.75) is 39.9 Å². The van der Waals surface area contributed by atoms with E-state index in [1.807, 2.05) is 0 Å². The van der Waals surface area contributed by atoms with E-state index in [0.29, 0.717) is 0 Å². The zero-order valence-electron chi connectivity index (χ0n) is 23.4. The molecule has 15 heteroatoms. The summed E-state index contributed by atoms with van der Waals surface area (Å²) in [5, 5.41) is 60.3. The Morgan fingerprint density at radius 3 is 1.30 bits per heavy atom. The quantitative estimate of drug-likeness (QED) is 0.0873. The van der Waals surface area contributed by atoms with E-state index in [1.54, 1.807) is 0 Å². The minimum Gasteiger partial charge on any atom is -0.388 e. The molecule has 2 aromatic carbocycles. The first-order valence-electron chi connectivity index (χ1n) is 11.6. The smallest absolute Gasteiger partial charge is 0.388 e. The summed E-state index contributed by atoms with van der Waals surface area (Å²) < 4.78 is 0. The molecule has 0 spiro atoms. The Morgan fingerprint density at radius 2 is 1.07 bits per heavy atom. The van der Waals surface area contributed by atoms with E-state index in [1.165, 1.54) is 64.1 Å². The number of carbonyl (C=O) groups is 2. The molecule has 0 heterocycles. The van der Waals surface area contributed by atoms with Crippen LogP contribution in [0.15, 0.2) is 47.5 Å². The van der Waals surface area contributed by atoms with Crippen LogP contribution in [0, 0.1) is 66.9 Å². The summed E-state index contributed by atoms with van der Waals surface area (Å²) in [5.41, 5.74) is -5.12. The number of benzene rings is 2. The van der Waals surface area contributed by atoms with Crippen LogP contribution >= 0.6 is 23.2 Å². The number of nitrogens with zero attached hydrogens (tertiary/aromatic N) is 4. The van der Waals surface area contributed by atoms with Gasteiger partial charge in [0, 0.05) is 33.0 Å². The van der Waals surface area contributed by atoms with Gasteiger partial charge in [-0.3, -0.25) is 30.8 Å². The number of nitriles is 2. The van der Waals surface area contributed by atoms with Crippen LogP contribution in [-0.4, -0.2) is 54.7 Å². The number of rotatable bonds is 10. The number of Topliss-reactive ketones (excluding diaryl/α,β-unsaturated/α-hetero) is 2. The number of hydrogen-bond donors (Lipinski definition) is 2. The van der Waals surface area contributed by atoms with Crippen molar-refractivity contribution in [3.05, 3.63) is 102 Å². The molecule has 0 amide bonds. The van der Waals surface area contributed by atoms with Gasteiger partial charge in [0.2, 0.25) is 0 Å². The molecule has 43 heavy (non-hydrogen) atoms. The fourth-order valence-electron chi connectivity index (χ4n) is 3.63. The zero-order chi connectivity index (χ0) is 32.7. The molecule has 2 atom stereocenters. The van der Waals surface area contributed by atoms with Gasteiger partial charge in [-0.05, 0) is 24.3 Å². The van der Waals surface area contributed by atoms with Gasteiger partial charge in [-0.25, -0.2) is 13.2 Å². The van der Waals surface area contributed by atoms with Crippen LogP contribution in [0.3, 0.4) is 0 Å². The Kier molecular flexibility index (Phi) is 14.3. The fraction of sp³-hybridized carbons (Fsp3) is 0.286. The first-order chi connectivity index (χ1) is 19.2. The third-order valence-electron chi connectivity index (χ3n) is 6.24. The molecule has 2 aromatic rings. The van der Waals surface area contributed by atoms with Crippen molar-refractivity contribution in [2.24, 2.45) is 10.8 Å². The largest absolute Gasteiger partial charge is 2.00 e. The Bertz CT molecular complexity index is 1450. The average Bonchev–Trinajstić information content (AvgIpc) is 2.94. The second-order valence-corrected chi connectivity index (χ2v) is 10.8. The molecule has 0 saturated carbocycles. The molecular formula is C28H24Cl2MgN4O8. The number of allylic oxidation sites excluding steroid dienone is 2. The van der Waals surface area contributed by atoms with Crippen LogP contribution < -0.4 is 0 Å².